The van der Waals surface area contributed by atoms with Crippen molar-refractivity contribution in [2.45, 2.75) is 25.7 Å². The molecule has 0 aliphatic heterocycles. The summed E-state index contributed by atoms with van der Waals surface area (Å²) in [7, 11) is 0. The van der Waals surface area contributed by atoms with Gasteiger partial charge in [0, 0.05) is 23.7 Å². The molecule has 0 saturated carbocycles. The molecular formula is C7H10N10O4. The molecule has 0 bridgehead atoms. The van der Waals surface area contributed by atoms with Crippen molar-refractivity contribution in [3.8, 4) is 0 Å². The molecular weight excluding hydrogens is 288 g/mol. The molecule has 0 aromatic carbocycles. The average Bonchev–Trinajstić information content (AvgIpc) is 2.25. The van der Waals surface area contributed by atoms with Crippen LogP contribution >= 0.6 is 0 Å². The first-order valence-corrected chi connectivity index (χ1v) is 5.15. The van der Waals surface area contributed by atoms with E-state index in [1.54, 1.807) is 0 Å². The van der Waals surface area contributed by atoms with Gasteiger partial charge in [-0.05, 0) is 21.3 Å². The van der Waals surface area contributed by atoms with Crippen LogP contribution in [0.15, 0.2) is 10.2 Å². The predicted octanol–water partition coefficient (Wildman–Crippen LogP) is -0.122. The van der Waals surface area contributed by atoms with Gasteiger partial charge in [0.1, 0.15) is 0 Å². The molecule has 112 valence electrons. The Hall–Kier alpha value is -2.73. The summed E-state index contributed by atoms with van der Waals surface area (Å²) in [4.78, 5) is 15.4. The first-order chi connectivity index (χ1) is 9.59. The maximum absolute atomic E-state index is 9.56. The molecule has 0 saturated heterocycles. The van der Waals surface area contributed by atoms with E-state index in [9.17, 15) is 20.4 Å². The Morgan fingerprint density at radius 1 is 0.905 bits per heavy atom. The van der Waals surface area contributed by atoms with E-state index in [0.29, 0.717) is 0 Å². The highest BCUT2D eigenvalue weighted by Crippen LogP contribution is 2.26. The second-order valence-corrected chi connectivity index (χ2v) is 3.89. The SMILES string of the molecule is CC(O)(O)N(c1nc(N=[N+]=[N-])nc(N=[N+]=[N-])n1)C(C)(O)O. The van der Waals surface area contributed by atoms with Gasteiger partial charge >= 0.3 is 0 Å². The van der Waals surface area contributed by atoms with Crippen molar-refractivity contribution in [3.05, 3.63) is 20.9 Å². The number of aromatic nitrogens is 3. The molecule has 1 aromatic rings. The molecule has 4 N–H and O–H groups in total. The van der Waals surface area contributed by atoms with Gasteiger partial charge < -0.3 is 20.4 Å². The fourth-order valence-corrected chi connectivity index (χ4v) is 1.39. The van der Waals surface area contributed by atoms with E-state index in [-0.39, 0.29) is 4.90 Å². The van der Waals surface area contributed by atoms with Crippen molar-refractivity contribution < 1.29 is 20.4 Å². The molecule has 0 atom stereocenters. The molecule has 1 heterocycles. The Bertz CT molecular complexity index is 571. The monoisotopic (exact) mass is 298 g/mol. The van der Waals surface area contributed by atoms with E-state index >= 15 is 0 Å². The molecule has 0 unspecified atom stereocenters. The predicted molar refractivity (Wildman–Crippen MR) is 65.6 cm³/mol. The van der Waals surface area contributed by atoms with Crippen molar-refractivity contribution in [2.24, 2.45) is 10.2 Å². The largest absolute Gasteiger partial charge is 0.349 e. The van der Waals surface area contributed by atoms with Gasteiger partial charge in [0.15, 0.2) is 0 Å². The average molecular weight is 298 g/mol. The topological polar surface area (TPSA) is 220 Å². The lowest BCUT2D eigenvalue weighted by molar-refractivity contribution is -0.235. The van der Waals surface area contributed by atoms with Crippen LogP contribution in [0, 0.1) is 0 Å². The number of azide groups is 2. The Balaban J connectivity index is 3.57. The summed E-state index contributed by atoms with van der Waals surface area (Å²) in [5, 5.41) is 44.3. The Kier molecular flexibility index (Phi) is 4.45. The van der Waals surface area contributed by atoms with Crippen LogP contribution in [0.4, 0.5) is 17.8 Å². The second-order valence-electron chi connectivity index (χ2n) is 3.89. The number of rotatable bonds is 5. The smallest absolute Gasteiger partial charge is 0.250 e. The fraction of sp³-hybridized carbons (Fsp3) is 0.571. The van der Waals surface area contributed by atoms with E-state index in [4.69, 9.17) is 11.1 Å². The fourth-order valence-electron chi connectivity index (χ4n) is 1.39. The normalized spacial score (nSPS) is 11.3. The minimum absolute atomic E-state index is 0.161. The maximum atomic E-state index is 9.56. The van der Waals surface area contributed by atoms with Crippen LogP contribution in [0.5, 0.6) is 0 Å². The molecule has 1 rings (SSSR count). The lowest BCUT2D eigenvalue weighted by atomic mass is 10.4. The summed E-state index contributed by atoms with van der Waals surface area (Å²) < 4.78 is 0. The van der Waals surface area contributed by atoms with Crippen molar-refractivity contribution in [2.75, 3.05) is 4.90 Å². The van der Waals surface area contributed by atoms with Crippen LogP contribution in [0.1, 0.15) is 13.8 Å². The zero-order chi connectivity index (χ0) is 16.3. The summed E-state index contributed by atoms with van der Waals surface area (Å²) in [6, 6.07) is 0. The van der Waals surface area contributed by atoms with Crippen molar-refractivity contribution in [1.82, 2.24) is 15.0 Å². The van der Waals surface area contributed by atoms with Crippen LogP contribution in [-0.2, 0) is 0 Å². The standard InChI is InChI=1S/C7H10N10O4/c1-6(18,19)17(7(2,20)21)5-11-3(13-15-8)10-4(12-5)14-16-9/h18-21H,1-2H3. The molecule has 14 heteroatoms. The van der Waals surface area contributed by atoms with Crippen LogP contribution in [-0.4, -0.2) is 47.2 Å². The highest BCUT2D eigenvalue weighted by atomic mass is 16.6. The van der Waals surface area contributed by atoms with Gasteiger partial charge in [0.25, 0.3) is 0 Å². The maximum Gasteiger partial charge on any atom is 0.250 e. The lowest BCUT2D eigenvalue weighted by Gasteiger charge is -2.38. The van der Waals surface area contributed by atoms with Crippen LogP contribution in [0.3, 0.4) is 0 Å². The summed E-state index contributed by atoms with van der Waals surface area (Å²) >= 11 is 0. The quantitative estimate of drug-likeness (QED) is 0.247. The van der Waals surface area contributed by atoms with Gasteiger partial charge in [0.05, 0.1) is 0 Å². The Morgan fingerprint density at radius 2 is 1.29 bits per heavy atom. The van der Waals surface area contributed by atoms with Gasteiger partial charge in [-0.15, -0.1) is 0 Å². The van der Waals surface area contributed by atoms with Crippen LogP contribution in [0.2, 0.25) is 0 Å². The van der Waals surface area contributed by atoms with Crippen molar-refractivity contribution >= 4 is 17.8 Å². The zero-order valence-electron chi connectivity index (χ0n) is 10.8. The third kappa shape index (κ3) is 4.12. The van der Waals surface area contributed by atoms with Crippen LogP contribution < -0.4 is 4.90 Å². The minimum atomic E-state index is -2.80. The molecule has 14 nitrogen and oxygen atoms in total. The summed E-state index contributed by atoms with van der Waals surface area (Å²) in [6.45, 7) is 1.59. The number of anilines is 1. The third-order valence-electron chi connectivity index (χ3n) is 1.92. The van der Waals surface area contributed by atoms with E-state index in [0.717, 1.165) is 13.8 Å². The van der Waals surface area contributed by atoms with E-state index < -0.39 is 29.7 Å². The number of hydrogen-bond donors (Lipinski definition) is 4. The van der Waals surface area contributed by atoms with Crippen molar-refractivity contribution in [1.29, 1.82) is 0 Å². The summed E-state index contributed by atoms with van der Waals surface area (Å²) in [6.07, 6.45) is 0. The van der Waals surface area contributed by atoms with Crippen molar-refractivity contribution in [3.63, 3.8) is 0 Å². The first-order valence-electron chi connectivity index (χ1n) is 5.15. The Labute approximate surface area is 116 Å². The molecule has 0 radical (unpaired) electrons. The first kappa shape index (κ1) is 16.3. The van der Waals surface area contributed by atoms with Gasteiger partial charge in [-0.3, -0.25) is 0 Å². The number of nitrogens with zero attached hydrogens (tertiary/aromatic N) is 10. The number of aliphatic hydroxyl groups is 4. The minimum Gasteiger partial charge on any atom is -0.349 e. The van der Waals surface area contributed by atoms with Gasteiger partial charge in [0.2, 0.25) is 29.7 Å². The summed E-state index contributed by atoms with van der Waals surface area (Å²) in [5.41, 5.74) is 16.7. The molecule has 0 aliphatic rings. The molecule has 21 heavy (non-hydrogen) atoms. The molecule has 0 amide bonds. The molecule has 0 aliphatic carbocycles. The Morgan fingerprint density at radius 3 is 1.57 bits per heavy atom. The zero-order valence-corrected chi connectivity index (χ0v) is 10.8. The highest BCUT2D eigenvalue weighted by molar-refractivity contribution is 5.41. The number of hydrogen-bond acceptors (Lipinski definition) is 10. The van der Waals surface area contributed by atoms with E-state index in [1.807, 2.05) is 0 Å². The third-order valence-corrected chi connectivity index (χ3v) is 1.92. The van der Waals surface area contributed by atoms with E-state index in [1.165, 1.54) is 0 Å². The van der Waals surface area contributed by atoms with Gasteiger partial charge in [-0.25, -0.2) is 9.88 Å². The van der Waals surface area contributed by atoms with Gasteiger partial charge in [-0.2, -0.15) is 9.97 Å². The molecule has 0 spiro atoms. The molecule has 0 fully saturated rings. The van der Waals surface area contributed by atoms with E-state index in [2.05, 4.69) is 35.0 Å². The lowest BCUT2D eigenvalue weighted by Crippen LogP contribution is -2.59. The van der Waals surface area contributed by atoms with Crippen LogP contribution in [0.25, 0.3) is 20.9 Å². The summed E-state index contributed by atoms with van der Waals surface area (Å²) in [5.74, 6) is -7.48. The molecule has 1 aromatic heterocycles. The van der Waals surface area contributed by atoms with Gasteiger partial charge in [-0.1, -0.05) is 0 Å². The highest BCUT2D eigenvalue weighted by Gasteiger charge is 2.41. The second kappa shape index (κ2) is 5.72.